The fourth-order valence-corrected chi connectivity index (χ4v) is 5.42. The van der Waals surface area contributed by atoms with E-state index in [0.717, 1.165) is 56.7 Å². The molecule has 8 heteroatoms. The standard InChI is InChI=1S/C24H31N3O5/c1-2-31-19-11-16(12-19)26-9-3-4-18(14-26)32-17-5-6-20-15(10-17)13-27(24(20)30)21-7-8-22(28)25-23(21)29/h5-6,10,16,18-19,21H,2-4,7-9,11-14H2,1H3,(H,25,28,29)/t16?,18-,19?,21?/m1/s1. The van der Waals surface area contributed by atoms with Gasteiger partial charge in [0.15, 0.2) is 0 Å². The summed E-state index contributed by atoms with van der Waals surface area (Å²) in [7, 11) is 0. The Balaban J connectivity index is 1.20. The molecule has 1 aromatic rings. The Kier molecular flexibility index (Phi) is 5.90. The van der Waals surface area contributed by atoms with Gasteiger partial charge in [-0.1, -0.05) is 0 Å². The summed E-state index contributed by atoms with van der Waals surface area (Å²) in [6.07, 6.45) is 5.54. The summed E-state index contributed by atoms with van der Waals surface area (Å²) in [5.74, 6) is -0.0419. The summed E-state index contributed by atoms with van der Waals surface area (Å²) in [4.78, 5) is 40.6. The van der Waals surface area contributed by atoms with E-state index in [1.54, 1.807) is 11.0 Å². The molecule has 32 heavy (non-hydrogen) atoms. The molecule has 0 radical (unpaired) electrons. The number of carbonyl (C=O) groups is 3. The van der Waals surface area contributed by atoms with Crippen LogP contribution >= 0.6 is 0 Å². The number of piperidine rings is 2. The minimum Gasteiger partial charge on any atom is -0.489 e. The number of ether oxygens (including phenoxy) is 2. The summed E-state index contributed by atoms with van der Waals surface area (Å²) in [5, 5.41) is 2.34. The van der Waals surface area contributed by atoms with Crippen LogP contribution in [-0.2, 0) is 20.9 Å². The van der Waals surface area contributed by atoms with Crippen molar-refractivity contribution in [1.29, 1.82) is 0 Å². The Morgan fingerprint density at radius 3 is 2.75 bits per heavy atom. The Hall–Kier alpha value is -2.45. The third-order valence-electron chi connectivity index (χ3n) is 7.20. The molecule has 0 aromatic heterocycles. The molecule has 3 amide bonds. The zero-order valence-corrected chi connectivity index (χ0v) is 18.5. The van der Waals surface area contributed by atoms with Gasteiger partial charge in [0.05, 0.1) is 6.10 Å². The highest BCUT2D eigenvalue weighted by Crippen LogP contribution is 2.33. The molecule has 172 valence electrons. The van der Waals surface area contributed by atoms with Gasteiger partial charge in [-0.05, 0) is 69.3 Å². The second-order valence-electron chi connectivity index (χ2n) is 9.30. The Morgan fingerprint density at radius 1 is 1.12 bits per heavy atom. The van der Waals surface area contributed by atoms with Crippen LogP contribution in [0.1, 0.15) is 61.4 Å². The quantitative estimate of drug-likeness (QED) is 0.678. The van der Waals surface area contributed by atoms with Crippen molar-refractivity contribution in [2.45, 2.75) is 76.3 Å². The molecule has 4 aliphatic rings. The van der Waals surface area contributed by atoms with E-state index in [-0.39, 0.29) is 30.2 Å². The number of nitrogens with zero attached hydrogens (tertiary/aromatic N) is 2. The van der Waals surface area contributed by atoms with Gasteiger partial charge in [0.1, 0.15) is 17.9 Å². The van der Waals surface area contributed by atoms with Gasteiger partial charge in [0.25, 0.3) is 5.91 Å². The third kappa shape index (κ3) is 4.13. The monoisotopic (exact) mass is 441 g/mol. The largest absolute Gasteiger partial charge is 0.489 e. The molecule has 0 spiro atoms. The van der Waals surface area contributed by atoms with Gasteiger partial charge in [-0.25, -0.2) is 0 Å². The van der Waals surface area contributed by atoms with E-state index in [1.807, 2.05) is 19.1 Å². The number of likely N-dealkylation sites (tertiary alicyclic amines) is 1. The number of carbonyl (C=O) groups excluding carboxylic acids is 3. The molecule has 3 fully saturated rings. The van der Waals surface area contributed by atoms with Crippen LogP contribution in [0.5, 0.6) is 5.75 Å². The molecule has 1 aromatic carbocycles. The van der Waals surface area contributed by atoms with Gasteiger partial charge in [-0.3, -0.25) is 24.6 Å². The lowest BCUT2D eigenvalue weighted by atomic mass is 9.86. The Bertz CT molecular complexity index is 913. The highest BCUT2D eigenvalue weighted by atomic mass is 16.5. The molecule has 1 saturated carbocycles. The van der Waals surface area contributed by atoms with E-state index in [4.69, 9.17) is 9.47 Å². The number of nitrogens with one attached hydrogen (secondary N) is 1. The molecular weight excluding hydrogens is 410 g/mol. The van der Waals surface area contributed by atoms with Gasteiger partial charge < -0.3 is 14.4 Å². The van der Waals surface area contributed by atoms with Crippen LogP contribution in [0.4, 0.5) is 0 Å². The molecule has 3 aliphatic heterocycles. The van der Waals surface area contributed by atoms with Crippen molar-refractivity contribution in [3.8, 4) is 5.75 Å². The summed E-state index contributed by atoms with van der Waals surface area (Å²) in [6, 6.07) is 5.60. The van der Waals surface area contributed by atoms with Gasteiger partial charge in [0, 0.05) is 37.7 Å². The first-order valence-corrected chi connectivity index (χ1v) is 11.8. The van der Waals surface area contributed by atoms with Crippen molar-refractivity contribution in [3.63, 3.8) is 0 Å². The summed E-state index contributed by atoms with van der Waals surface area (Å²) >= 11 is 0. The fraction of sp³-hybridized carbons (Fsp3) is 0.625. The second-order valence-corrected chi connectivity index (χ2v) is 9.30. The van der Waals surface area contributed by atoms with Crippen molar-refractivity contribution in [2.24, 2.45) is 0 Å². The van der Waals surface area contributed by atoms with Crippen molar-refractivity contribution >= 4 is 17.7 Å². The summed E-state index contributed by atoms with van der Waals surface area (Å²) in [6.45, 7) is 5.23. The van der Waals surface area contributed by atoms with E-state index in [1.165, 1.54) is 0 Å². The normalized spacial score (nSPS) is 30.7. The maximum atomic E-state index is 12.9. The molecular formula is C24H31N3O5. The zero-order chi connectivity index (χ0) is 22.2. The number of imide groups is 1. The number of fused-ring (bicyclic) bond motifs is 1. The lowest BCUT2D eigenvalue weighted by Crippen LogP contribution is -2.53. The van der Waals surface area contributed by atoms with Crippen LogP contribution in [0, 0.1) is 0 Å². The predicted molar refractivity (Wildman–Crippen MR) is 116 cm³/mol. The molecule has 2 atom stereocenters. The summed E-state index contributed by atoms with van der Waals surface area (Å²) < 4.78 is 12.0. The minimum atomic E-state index is -0.591. The Labute approximate surface area is 188 Å². The van der Waals surface area contributed by atoms with Crippen LogP contribution in [-0.4, -0.2) is 71.5 Å². The average Bonchev–Trinajstić information content (AvgIpc) is 3.06. The molecule has 8 nitrogen and oxygen atoms in total. The van der Waals surface area contributed by atoms with E-state index < -0.39 is 6.04 Å². The first-order chi connectivity index (χ1) is 15.5. The number of amides is 3. The lowest BCUT2D eigenvalue weighted by Gasteiger charge is -2.45. The zero-order valence-electron chi connectivity index (χ0n) is 18.5. The second kappa shape index (κ2) is 8.83. The lowest BCUT2D eigenvalue weighted by molar-refractivity contribution is -0.136. The minimum absolute atomic E-state index is 0.135. The van der Waals surface area contributed by atoms with Gasteiger partial charge in [0.2, 0.25) is 11.8 Å². The van der Waals surface area contributed by atoms with E-state index in [0.29, 0.717) is 30.7 Å². The smallest absolute Gasteiger partial charge is 0.255 e. The number of benzene rings is 1. The predicted octanol–water partition coefficient (Wildman–Crippen LogP) is 1.86. The van der Waals surface area contributed by atoms with Crippen molar-refractivity contribution in [1.82, 2.24) is 15.1 Å². The molecule has 1 aliphatic carbocycles. The van der Waals surface area contributed by atoms with Crippen molar-refractivity contribution in [2.75, 3.05) is 19.7 Å². The number of hydrogen-bond acceptors (Lipinski definition) is 6. The van der Waals surface area contributed by atoms with Gasteiger partial charge >= 0.3 is 0 Å². The highest BCUT2D eigenvalue weighted by Gasteiger charge is 2.40. The Morgan fingerprint density at radius 2 is 1.97 bits per heavy atom. The third-order valence-corrected chi connectivity index (χ3v) is 7.20. The molecule has 1 N–H and O–H groups in total. The van der Waals surface area contributed by atoms with Crippen LogP contribution < -0.4 is 10.1 Å². The fourth-order valence-electron chi connectivity index (χ4n) is 5.42. The molecule has 3 heterocycles. The van der Waals surface area contributed by atoms with Crippen LogP contribution in [0.3, 0.4) is 0 Å². The van der Waals surface area contributed by atoms with Crippen LogP contribution in [0.2, 0.25) is 0 Å². The summed E-state index contributed by atoms with van der Waals surface area (Å²) in [5.41, 5.74) is 1.49. The average molecular weight is 442 g/mol. The first kappa shape index (κ1) is 21.4. The topological polar surface area (TPSA) is 88.2 Å². The van der Waals surface area contributed by atoms with Gasteiger partial charge in [-0.15, -0.1) is 0 Å². The number of hydrogen-bond donors (Lipinski definition) is 1. The molecule has 1 unspecified atom stereocenters. The van der Waals surface area contributed by atoms with E-state index in [9.17, 15) is 14.4 Å². The molecule has 5 rings (SSSR count). The van der Waals surface area contributed by atoms with Crippen LogP contribution in [0.15, 0.2) is 18.2 Å². The SMILES string of the molecule is CCOC1CC(N2CCC[C@@H](Oc3ccc4c(c3)CN(C3CCC(=O)NC3=O)C4=O)C2)C1. The van der Waals surface area contributed by atoms with E-state index >= 15 is 0 Å². The maximum Gasteiger partial charge on any atom is 0.255 e. The molecule has 2 saturated heterocycles. The molecule has 0 bridgehead atoms. The maximum absolute atomic E-state index is 12.9. The first-order valence-electron chi connectivity index (χ1n) is 11.8. The van der Waals surface area contributed by atoms with E-state index in [2.05, 4.69) is 10.2 Å². The number of rotatable bonds is 6. The highest BCUT2D eigenvalue weighted by molar-refractivity contribution is 6.05. The van der Waals surface area contributed by atoms with Crippen molar-refractivity contribution in [3.05, 3.63) is 29.3 Å². The van der Waals surface area contributed by atoms with Crippen molar-refractivity contribution < 1.29 is 23.9 Å². The van der Waals surface area contributed by atoms with Gasteiger partial charge in [-0.2, -0.15) is 0 Å². The van der Waals surface area contributed by atoms with Crippen LogP contribution in [0.25, 0.3) is 0 Å².